The van der Waals surface area contributed by atoms with Gasteiger partial charge in [0.05, 0.1) is 5.54 Å². The Morgan fingerprint density at radius 2 is 1.95 bits per heavy atom. The predicted molar refractivity (Wildman–Crippen MR) is 76.0 cm³/mol. The standard InChI is InChI=1S/C15H27N3O/c1-15(7-4-8-16-15)14(19)17-11-9-12-5-3-6-13(10-11)18(12)2/h11-13,16H,3-10H2,1-2H3,(H,17,19). The zero-order chi connectivity index (χ0) is 13.5. The van der Waals surface area contributed by atoms with Crippen LogP contribution in [0.15, 0.2) is 0 Å². The number of fused-ring (bicyclic) bond motifs is 2. The second-order valence-corrected chi connectivity index (χ2v) is 6.91. The van der Waals surface area contributed by atoms with E-state index in [1.54, 1.807) is 0 Å². The molecule has 0 aromatic rings. The molecule has 0 aliphatic carbocycles. The van der Waals surface area contributed by atoms with Gasteiger partial charge in [0.1, 0.15) is 0 Å². The van der Waals surface area contributed by atoms with Crippen molar-refractivity contribution in [3.05, 3.63) is 0 Å². The van der Waals surface area contributed by atoms with E-state index in [9.17, 15) is 4.79 Å². The fraction of sp³-hybridized carbons (Fsp3) is 0.933. The van der Waals surface area contributed by atoms with Crippen LogP contribution < -0.4 is 10.6 Å². The Kier molecular flexibility index (Phi) is 3.56. The Hall–Kier alpha value is -0.610. The normalized spacial score (nSPS) is 43.2. The average molecular weight is 265 g/mol. The van der Waals surface area contributed by atoms with Crippen molar-refractivity contribution in [3.63, 3.8) is 0 Å². The Balaban J connectivity index is 1.60. The molecule has 3 aliphatic rings. The van der Waals surface area contributed by atoms with E-state index >= 15 is 0 Å². The summed E-state index contributed by atoms with van der Waals surface area (Å²) in [6.45, 7) is 3.02. The van der Waals surface area contributed by atoms with E-state index in [2.05, 4.69) is 22.6 Å². The van der Waals surface area contributed by atoms with Crippen LogP contribution in [-0.4, -0.2) is 48.1 Å². The molecule has 19 heavy (non-hydrogen) atoms. The van der Waals surface area contributed by atoms with E-state index in [0.717, 1.165) is 32.2 Å². The monoisotopic (exact) mass is 265 g/mol. The number of nitrogens with one attached hydrogen (secondary N) is 2. The van der Waals surface area contributed by atoms with Gasteiger partial charge in [-0.3, -0.25) is 4.79 Å². The number of carbonyl (C=O) groups excluding carboxylic acids is 1. The minimum atomic E-state index is -0.321. The number of rotatable bonds is 2. The van der Waals surface area contributed by atoms with Crippen molar-refractivity contribution in [2.45, 2.75) is 75.5 Å². The topological polar surface area (TPSA) is 44.4 Å². The molecule has 0 aromatic heterocycles. The minimum absolute atomic E-state index is 0.220. The molecule has 108 valence electrons. The van der Waals surface area contributed by atoms with Crippen LogP contribution in [-0.2, 0) is 4.79 Å². The van der Waals surface area contributed by atoms with Crippen LogP contribution in [0.25, 0.3) is 0 Å². The van der Waals surface area contributed by atoms with Crippen molar-refractivity contribution in [1.82, 2.24) is 15.5 Å². The summed E-state index contributed by atoms with van der Waals surface area (Å²) in [5, 5.41) is 6.68. The molecule has 3 fully saturated rings. The van der Waals surface area contributed by atoms with Crippen LogP contribution in [0.1, 0.15) is 51.9 Å². The highest BCUT2D eigenvalue weighted by atomic mass is 16.2. The molecule has 0 radical (unpaired) electrons. The molecule has 0 spiro atoms. The second kappa shape index (κ2) is 5.06. The molecule has 0 saturated carbocycles. The summed E-state index contributed by atoms with van der Waals surface area (Å²) >= 11 is 0. The lowest BCUT2D eigenvalue weighted by Gasteiger charge is -2.47. The van der Waals surface area contributed by atoms with Gasteiger partial charge in [0.2, 0.25) is 5.91 Å². The summed E-state index contributed by atoms with van der Waals surface area (Å²) in [6.07, 6.45) is 8.31. The van der Waals surface area contributed by atoms with Gasteiger partial charge in [-0.25, -0.2) is 0 Å². The molecule has 3 heterocycles. The Labute approximate surface area is 116 Å². The molecule has 2 bridgehead atoms. The first-order valence-corrected chi connectivity index (χ1v) is 7.86. The van der Waals surface area contributed by atoms with Crippen LogP contribution in [0.4, 0.5) is 0 Å². The lowest BCUT2D eigenvalue weighted by atomic mass is 9.82. The Bertz CT molecular complexity index is 337. The summed E-state index contributed by atoms with van der Waals surface area (Å²) in [6, 6.07) is 1.75. The molecule has 4 heteroatoms. The van der Waals surface area contributed by atoms with Gasteiger partial charge in [0.15, 0.2) is 0 Å². The maximum absolute atomic E-state index is 12.4. The zero-order valence-corrected chi connectivity index (χ0v) is 12.2. The molecule has 3 unspecified atom stereocenters. The van der Waals surface area contributed by atoms with Crippen molar-refractivity contribution in [3.8, 4) is 0 Å². The maximum Gasteiger partial charge on any atom is 0.240 e. The van der Waals surface area contributed by atoms with Crippen molar-refractivity contribution < 1.29 is 4.79 Å². The maximum atomic E-state index is 12.4. The largest absolute Gasteiger partial charge is 0.352 e. The predicted octanol–water partition coefficient (Wildman–Crippen LogP) is 1.26. The van der Waals surface area contributed by atoms with Gasteiger partial charge in [-0.05, 0) is 59.0 Å². The molecule has 3 rings (SSSR count). The highest BCUT2D eigenvalue weighted by Crippen LogP contribution is 2.33. The fourth-order valence-corrected chi connectivity index (χ4v) is 4.17. The number of hydrogen-bond donors (Lipinski definition) is 2. The number of piperidine rings is 2. The molecular weight excluding hydrogens is 238 g/mol. The molecule has 2 N–H and O–H groups in total. The van der Waals surface area contributed by atoms with Crippen LogP contribution in [0.5, 0.6) is 0 Å². The zero-order valence-electron chi connectivity index (χ0n) is 12.2. The second-order valence-electron chi connectivity index (χ2n) is 6.91. The number of amides is 1. The van der Waals surface area contributed by atoms with Crippen molar-refractivity contribution in [1.29, 1.82) is 0 Å². The fourth-order valence-electron chi connectivity index (χ4n) is 4.17. The van der Waals surface area contributed by atoms with Gasteiger partial charge in [-0.1, -0.05) is 6.42 Å². The minimum Gasteiger partial charge on any atom is -0.352 e. The first kappa shape index (κ1) is 13.4. The van der Waals surface area contributed by atoms with Gasteiger partial charge in [0.25, 0.3) is 0 Å². The molecule has 1 amide bonds. The molecule has 3 saturated heterocycles. The van der Waals surface area contributed by atoms with Crippen LogP contribution in [0.3, 0.4) is 0 Å². The van der Waals surface area contributed by atoms with Gasteiger partial charge >= 0.3 is 0 Å². The van der Waals surface area contributed by atoms with Crippen molar-refractivity contribution >= 4 is 5.91 Å². The van der Waals surface area contributed by atoms with Crippen molar-refractivity contribution in [2.75, 3.05) is 13.6 Å². The molecular formula is C15H27N3O. The van der Waals surface area contributed by atoms with E-state index in [4.69, 9.17) is 0 Å². The number of hydrogen-bond acceptors (Lipinski definition) is 3. The van der Waals surface area contributed by atoms with Crippen LogP contribution in [0.2, 0.25) is 0 Å². The quantitative estimate of drug-likeness (QED) is 0.790. The molecule has 4 nitrogen and oxygen atoms in total. The molecule has 0 aromatic carbocycles. The highest BCUT2D eigenvalue weighted by molar-refractivity contribution is 5.86. The highest BCUT2D eigenvalue weighted by Gasteiger charge is 2.40. The Morgan fingerprint density at radius 3 is 2.53 bits per heavy atom. The summed E-state index contributed by atoms with van der Waals surface area (Å²) in [4.78, 5) is 15.0. The lowest BCUT2D eigenvalue weighted by Crippen LogP contribution is -2.59. The lowest BCUT2D eigenvalue weighted by molar-refractivity contribution is -0.128. The molecule has 3 atom stereocenters. The van der Waals surface area contributed by atoms with Gasteiger partial charge in [0, 0.05) is 18.1 Å². The number of nitrogens with zero attached hydrogens (tertiary/aromatic N) is 1. The average Bonchev–Trinajstić information content (AvgIpc) is 2.79. The third kappa shape index (κ3) is 2.52. The SMILES string of the molecule is CN1C2CCCC1CC(NC(=O)C1(C)CCCN1)C2. The summed E-state index contributed by atoms with van der Waals surface area (Å²) in [7, 11) is 2.26. The van der Waals surface area contributed by atoms with Gasteiger partial charge < -0.3 is 15.5 Å². The van der Waals surface area contributed by atoms with Crippen molar-refractivity contribution in [2.24, 2.45) is 0 Å². The number of carbonyl (C=O) groups is 1. The van der Waals surface area contributed by atoms with Gasteiger partial charge in [-0.2, -0.15) is 0 Å². The van der Waals surface area contributed by atoms with Gasteiger partial charge in [-0.15, -0.1) is 0 Å². The third-order valence-electron chi connectivity index (χ3n) is 5.54. The van der Waals surface area contributed by atoms with E-state index in [1.165, 1.54) is 19.3 Å². The summed E-state index contributed by atoms with van der Waals surface area (Å²) in [5.41, 5.74) is -0.321. The van der Waals surface area contributed by atoms with E-state index < -0.39 is 0 Å². The first-order valence-electron chi connectivity index (χ1n) is 7.86. The van der Waals surface area contributed by atoms with E-state index in [0.29, 0.717) is 18.1 Å². The van der Waals surface area contributed by atoms with Crippen LogP contribution in [0, 0.1) is 0 Å². The first-order chi connectivity index (χ1) is 9.08. The third-order valence-corrected chi connectivity index (χ3v) is 5.54. The molecule has 3 aliphatic heterocycles. The summed E-state index contributed by atoms with van der Waals surface area (Å²) < 4.78 is 0. The van der Waals surface area contributed by atoms with E-state index in [1.807, 2.05) is 6.92 Å². The van der Waals surface area contributed by atoms with Crippen LogP contribution >= 0.6 is 0 Å². The summed E-state index contributed by atoms with van der Waals surface area (Å²) in [5.74, 6) is 0.220. The smallest absolute Gasteiger partial charge is 0.240 e. The van der Waals surface area contributed by atoms with E-state index in [-0.39, 0.29) is 11.4 Å². The Morgan fingerprint density at radius 1 is 1.26 bits per heavy atom.